The van der Waals surface area contributed by atoms with Gasteiger partial charge in [0.15, 0.2) is 5.78 Å². The van der Waals surface area contributed by atoms with Crippen molar-refractivity contribution in [1.82, 2.24) is 4.98 Å². The van der Waals surface area contributed by atoms with Crippen LogP contribution >= 0.6 is 0 Å². The van der Waals surface area contributed by atoms with E-state index < -0.39 is 10.0 Å². The fourth-order valence-electron chi connectivity index (χ4n) is 1.49. The zero-order chi connectivity index (χ0) is 13.9. The lowest BCUT2D eigenvalue weighted by Crippen LogP contribution is -2.13. The SMILES string of the molecule is CC(=O)c1ccc(NS(=O)(=O)c2cccnc2)cc1. The van der Waals surface area contributed by atoms with Crippen molar-refractivity contribution in [3.63, 3.8) is 0 Å². The zero-order valence-corrected chi connectivity index (χ0v) is 11.0. The lowest BCUT2D eigenvalue weighted by molar-refractivity contribution is 0.101. The number of aromatic nitrogens is 1. The Hall–Kier alpha value is -2.21. The molecule has 0 unspecified atom stereocenters. The molecule has 0 radical (unpaired) electrons. The molecule has 2 rings (SSSR count). The first-order chi connectivity index (χ1) is 8.99. The van der Waals surface area contributed by atoms with Gasteiger partial charge in [0, 0.05) is 23.6 Å². The molecular formula is C13H12N2O3S. The van der Waals surface area contributed by atoms with E-state index >= 15 is 0 Å². The summed E-state index contributed by atoms with van der Waals surface area (Å²) in [6.07, 6.45) is 2.77. The van der Waals surface area contributed by atoms with Crippen LogP contribution in [0, 0.1) is 0 Å². The van der Waals surface area contributed by atoms with Gasteiger partial charge < -0.3 is 0 Å². The summed E-state index contributed by atoms with van der Waals surface area (Å²) in [7, 11) is -3.64. The maximum absolute atomic E-state index is 12.0. The topological polar surface area (TPSA) is 76.1 Å². The number of pyridine rings is 1. The quantitative estimate of drug-likeness (QED) is 0.867. The second kappa shape index (κ2) is 5.19. The molecule has 0 saturated carbocycles. The van der Waals surface area contributed by atoms with Gasteiger partial charge in [0.1, 0.15) is 4.90 Å². The van der Waals surface area contributed by atoms with Gasteiger partial charge in [-0.05, 0) is 43.3 Å². The van der Waals surface area contributed by atoms with Crippen LogP contribution in [0.15, 0.2) is 53.7 Å². The minimum atomic E-state index is -3.64. The minimum Gasteiger partial charge on any atom is -0.295 e. The van der Waals surface area contributed by atoms with Crippen LogP contribution in [0.1, 0.15) is 17.3 Å². The first-order valence-corrected chi connectivity index (χ1v) is 7.01. The van der Waals surface area contributed by atoms with Crippen LogP contribution in [-0.4, -0.2) is 19.2 Å². The molecule has 0 aliphatic heterocycles. The van der Waals surface area contributed by atoms with Gasteiger partial charge in [0.2, 0.25) is 0 Å². The minimum absolute atomic E-state index is 0.0679. The first-order valence-electron chi connectivity index (χ1n) is 5.53. The maximum Gasteiger partial charge on any atom is 0.263 e. The summed E-state index contributed by atoms with van der Waals surface area (Å²) >= 11 is 0. The molecule has 1 N–H and O–H groups in total. The largest absolute Gasteiger partial charge is 0.295 e. The maximum atomic E-state index is 12.0. The molecule has 5 nitrogen and oxygen atoms in total. The van der Waals surface area contributed by atoms with Crippen LogP contribution in [0.25, 0.3) is 0 Å². The molecule has 2 aromatic rings. The van der Waals surface area contributed by atoms with Gasteiger partial charge >= 0.3 is 0 Å². The monoisotopic (exact) mass is 276 g/mol. The van der Waals surface area contributed by atoms with Crippen molar-refractivity contribution in [3.05, 3.63) is 54.4 Å². The van der Waals surface area contributed by atoms with E-state index in [-0.39, 0.29) is 10.7 Å². The number of hydrogen-bond donors (Lipinski definition) is 1. The zero-order valence-electron chi connectivity index (χ0n) is 10.2. The Morgan fingerprint density at radius 2 is 1.84 bits per heavy atom. The predicted molar refractivity (Wildman–Crippen MR) is 71.5 cm³/mol. The highest BCUT2D eigenvalue weighted by atomic mass is 32.2. The van der Waals surface area contributed by atoms with Crippen molar-refractivity contribution in [3.8, 4) is 0 Å². The van der Waals surface area contributed by atoms with Crippen molar-refractivity contribution >= 4 is 21.5 Å². The normalized spacial score (nSPS) is 11.0. The number of carbonyl (C=O) groups is 1. The number of Topliss-reactive ketones (excluding diaryl/α,β-unsaturated/α-hetero) is 1. The molecule has 1 heterocycles. The summed E-state index contributed by atoms with van der Waals surface area (Å²) in [5.41, 5.74) is 0.929. The molecule has 98 valence electrons. The number of ketones is 1. The van der Waals surface area contributed by atoms with Crippen LogP contribution in [0.5, 0.6) is 0 Å². The van der Waals surface area contributed by atoms with E-state index in [1.807, 2.05) is 0 Å². The Morgan fingerprint density at radius 1 is 1.16 bits per heavy atom. The third-order valence-corrected chi connectivity index (χ3v) is 3.85. The smallest absolute Gasteiger partial charge is 0.263 e. The average molecular weight is 276 g/mol. The molecule has 6 heteroatoms. The molecule has 1 aromatic carbocycles. The number of benzene rings is 1. The number of nitrogens with one attached hydrogen (secondary N) is 1. The summed E-state index contributed by atoms with van der Waals surface area (Å²) in [6.45, 7) is 1.45. The van der Waals surface area contributed by atoms with Gasteiger partial charge in [-0.2, -0.15) is 0 Å². The van der Waals surface area contributed by atoms with Crippen LogP contribution < -0.4 is 4.72 Å². The predicted octanol–water partition coefficient (Wildman–Crippen LogP) is 2.08. The van der Waals surface area contributed by atoms with Gasteiger partial charge in [-0.3, -0.25) is 14.5 Å². The van der Waals surface area contributed by atoms with Crippen LogP contribution in [-0.2, 0) is 10.0 Å². The fourth-order valence-corrected chi connectivity index (χ4v) is 2.51. The van der Waals surface area contributed by atoms with E-state index in [9.17, 15) is 13.2 Å². The summed E-state index contributed by atoms with van der Waals surface area (Å²) < 4.78 is 26.4. The Bertz CT molecular complexity index is 680. The van der Waals surface area contributed by atoms with Crippen molar-refractivity contribution in [1.29, 1.82) is 0 Å². The third-order valence-electron chi connectivity index (χ3n) is 2.49. The number of carbonyl (C=O) groups excluding carboxylic acids is 1. The number of nitrogens with zero attached hydrogens (tertiary/aromatic N) is 1. The number of hydrogen-bond acceptors (Lipinski definition) is 4. The van der Waals surface area contributed by atoms with E-state index in [0.717, 1.165) is 0 Å². The lowest BCUT2D eigenvalue weighted by Gasteiger charge is -2.07. The van der Waals surface area contributed by atoms with E-state index in [1.54, 1.807) is 30.3 Å². The number of anilines is 1. The van der Waals surface area contributed by atoms with Crippen LogP contribution in [0.2, 0.25) is 0 Å². The summed E-state index contributed by atoms with van der Waals surface area (Å²) in [5.74, 6) is -0.0679. The van der Waals surface area contributed by atoms with Crippen molar-refractivity contribution < 1.29 is 13.2 Å². The summed E-state index contributed by atoms with van der Waals surface area (Å²) in [4.78, 5) is 15.0. The Balaban J connectivity index is 2.24. The molecule has 0 atom stereocenters. The molecule has 0 fully saturated rings. The van der Waals surface area contributed by atoms with Crippen molar-refractivity contribution in [2.24, 2.45) is 0 Å². The fraction of sp³-hybridized carbons (Fsp3) is 0.0769. The molecule has 1 aromatic heterocycles. The third kappa shape index (κ3) is 3.17. The van der Waals surface area contributed by atoms with Gasteiger partial charge in [0.25, 0.3) is 10.0 Å². The van der Waals surface area contributed by atoms with E-state index in [1.165, 1.54) is 25.4 Å². The van der Waals surface area contributed by atoms with Gasteiger partial charge in [0.05, 0.1) is 0 Å². The molecule has 0 spiro atoms. The van der Waals surface area contributed by atoms with E-state index in [2.05, 4.69) is 9.71 Å². The van der Waals surface area contributed by atoms with Crippen molar-refractivity contribution in [2.45, 2.75) is 11.8 Å². The molecule has 0 aliphatic rings. The van der Waals surface area contributed by atoms with Gasteiger partial charge in [-0.1, -0.05) is 0 Å². The average Bonchev–Trinajstić information content (AvgIpc) is 2.40. The van der Waals surface area contributed by atoms with Gasteiger partial charge in [-0.25, -0.2) is 8.42 Å². The number of sulfonamides is 1. The highest BCUT2D eigenvalue weighted by Crippen LogP contribution is 2.15. The molecule has 0 saturated heterocycles. The lowest BCUT2D eigenvalue weighted by atomic mass is 10.1. The van der Waals surface area contributed by atoms with Crippen LogP contribution in [0.3, 0.4) is 0 Å². The summed E-state index contributed by atoms with van der Waals surface area (Å²) in [5, 5.41) is 0. The van der Waals surface area contributed by atoms with Gasteiger partial charge in [-0.15, -0.1) is 0 Å². The first kappa shape index (κ1) is 13.2. The molecule has 0 bridgehead atoms. The Morgan fingerprint density at radius 3 is 2.37 bits per heavy atom. The highest BCUT2D eigenvalue weighted by molar-refractivity contribution is 7.92. The molecule has 19 heavy (non-hydrogen) atoms. The van der Waals surface area contributed by atoms with E-state index in [4.69, 9.17) is 0 Å². The Kier molecular flexibility index (Phi) is 3.62. The Labute approximate surface area is 111 Å². The molecule has 0 aliphatic carbocycles. The highest BCUT2D eigenvalue weighted by Gasteiger charge is 2.13. The number of rotatable bonds is 4. The summed E-state index contributed by atoms with van der Waals surface area (Å²) in [6, 6.07) is 9.24. The second-order valence-corrected chi connectivity index (χ2v) is 5.61. The molecular weight excluding hydrogens is 264 g/mol. The van der Waals surface area contributed by atoms with Crippen LogP contribution in [0.4, 0.5) is 5.69 Å². The second-order valence-electron chi connectivity index (χ2n) is 3.93. The molecule has 0 amide bonds. The standard InChI is InChI=1S/C13H12N2O3S/c1-10(16)11-4-6-12(7-5-11)15-19(17,18)13-3-2-8-14-9-13/h2-9,15H,1H3. The van der Waals surface area contributed by atoms with E-state index in [0.29, 0.717) is 11.3 Å². The van der Waals surface area contributed by atoms with Crippen molar-refractivity contribution in [2.75, 3.05) is 4.72 Å².